The number of fused-ring (bicyclic) bond motifs is 2. The van der Waals surface area contributed by atoms with Gasteiger partial charge >= 0.3 is 23.9 Å². The Morgan fingerprint density at radius 2 is 0.900 bits per heavy atom. The Bertz CT molecular complexity index is 873. The lowest BCUT2D eigenvalue weighted by Gasteiger charge is -2.12. The van der Waals surface area contributed by atoms with E-state index < -0.39 is 23.9 Å². The molecule has 1 aliphatic rings. The number of hydrogen-bond acceptors (Lipinski definition) is 7. The van der Waals surface area contributed by atoms with E-state index in [2.05, 4.69) is 0 Å². The maximum absolute atomic E-state index is 12.5. The molecule has 3 rings (SSSR count). The molecular formula is C23H22O7. The fraction of sp³-hybridized carbons (Fsp3) is 0.304. The zero-order chi connectivity index (χ0) is 21.3. The topological polar surface area (TPSA) is 96.0 Å². The molecule has 0 N–H and O–H groups in total. The first-order valence-electron chi connectivity index (χ1n) is 9.90. The second kappa shape index (κ2) is 10.3. The van der Waals surface area contributed by atoms with Crippen molar-refractivity contribution in [3.63, 3.8) is 0 Å². The quantitative estimate of drug-likeness (QED) is 0.364. The van der Waals surface area contributed by atoms with Crippen molar-refractivity contribution in [1.82, 2.24) is 0 Å². The van der Waals surface area contributed by atoms with Gasteiger partial charge in [0.2, 0.25) is 0 Å². The summed E-state index contributed by atoms with van der Waals surface area (Å²) < 4.78 is 15.6. The molecule has 0 fully saturated rings. The van der Waals surface area contributed by atoms with Crippen LogP contribution in [0.15, 0.2) is 48.5 Å². The number of benzene rings is 2. The fourth-order valence-corrected chi connectivity index (χ4v) is 3.06. The SMILES string of the molecule is O=C1CCCCCCCC(=O)Oc2ccccc2C(=O)OC(=O)c2ccccc2O1. The van der Waals surface area contributed by atoms with E-state index in [1.54, 1.807) is 24.3 Å². The maximum atomic E-state index is 12.5. The summed E-state index contributed by atoms with van der Waals surface area (Å²) in [6.45, 7) is 0. The number of rotatable bonds is 0. The standard InChI is InChI=1S/C23H22O7/c24-20-14-4-2-1-3-5-15-21(25)29-19-13-9-7-11-17(19)23(27)30-22(26)16-10-6-8-12-18(16)28-20/h6-13H,1-5,14-15H2. The molecule has 1 aliphatic heterocycles. The molecule has 0 saturated heterocycles. The van der Waals surface area contributed by atoms with E-state index in [0.717, 1.165) is 19.3 Å². The summed E-state index contributed by atoms with van der Waals surface area (Å²) in [5.74, 6) is -2.80. The summed E-state index contributed by atoms with van der Waals surface area (Å²) in [5, 5.41) is 0. The Hall–Kier alpha value is -3.48. The Morgan fingerprint density at radius 1 is 0.500 bits per heavy atom. The molecule has 7 nitrogen and oxygen atoms in total. The monoisotopic (exact) mass is 410 g/mol. The van der Waals surface area contributed by atoms with E-state index in [0.29, 0.717) is 12.8 Å². The molecule has 0 amide bonds. The molecule has 2 aromatic carbocycles. The van der Waals surface area contributed by atoms with Crippen molar-refractivity contribution < 1.29 is 33.4 Å². The van der Waals surface area contributed by atoms with Crippen LogP contribution in [0.1, 0.15) is 65.7 Å². The van der Waals surface area contributed by atoms with Crippen LogP contribution in [0.4, 0.5) is 0 Å². The van der Waals surface area contributed by atoms with Gasteiger partial charge in [-0.25, -0.2) is 9.59 Å². The van der Waals surface area contributed by atoms with Crippen LogP contribution in [0, 0.1) is 0 Å². The van der Waals surface area contributed by atoms with Gasteiger partial charge in [-0.15, -0.1) is 0 Å². The van der Waals surface area contributed by atoms with Crippen LogP contribution in [-0.4, -0.2) is 23.9 Å². The molecule has 30 heavy (non-hydrogen) atoms. The van der Waals surface area contributed by atoms with E-state index in [9.17, 15) is 19.2 Å². The molecular weight excluding hydrogens is 388 g/mol. The van der Waals surface area contributed by atoms with Crippen molar-refractivity contribution in [2.45, 2.75) is 44.9 Å². The van der Waals surface area contributed by atoms with Gasteiger partial charge in [0.25, 0.3) is 0 Å². The number of para-hydroxylation sites is 2. The summed E-state index contributed by atoms with van der Waals surface area (Å²) in [5.41, 5.74) is -0.0930. The highest BCUT2D eigenvalue weighted by Crippen LogP contribution is 2.24. The summed E-state index contributed by atoms with van der Waals surface area (Å²) in [6.07, 6.45) is 4.22. The third-order valence-electron chi connectivity index (χ3n) is 4.61. The van der Waals surface area contributed by atoms with Crippen molar-refractivity contribution >= 4 is 23.9 Å². The molecule has 156 valence electrons. The first-order chi connectivity index (χ1) is 14.5. The summed E-state index contributed by atoms with van der Waals surface area (Å²) in [6, 6.07) is 12.1. The Morgan fingerprint density at radius 3 is 1.37 bits per heavy atom. The van der Waals surface area contributed by atoms with Gasteiger partial charge in [0.1, 0.15) is 22.6 Å². The van der Waals surface area contributed by atoms with E-state index in [1.165, 1.54) is 24.3 Å². The van der Waals surface area contributed by atoms with E-state index in [1.807, 2.05) is 0 Å². The summed E-state index contributed by atoms with van der Waals surface area (Å²) in [4.78, 5) is 49.3. The number of carbonyl (C=O) groups excluding carboxylic acids is 4. The highest BCUT2D eigenvalue weighted by atomic mass is 16.6. The highest BCUT2D eigenvalue weighted by Gasteiger charge is 2.23. The van der Waals surface area contributed by atoms with Crippen LogP contribution in [0.3, 0.4) is 0 Å². The number of cyclic esters (lactones) is 2. The van der Waals surface area contributed by atoms with Gasteiger partial charge in [0, 0.05) is 12.8 Å². The number of carbonyl (C=O) groups is 4. The van der Waals surface area contributed by atoms with Crippen LogP contribution < -0.4 is 9.47 Å². The normalized spacial score (nSPS) is 16.8. The average Bonchev–Trinajstić information content (AvgIpc) is 2.73. The van der Waals surface area contributed by atoms with Crippen molar-refractivity contribution in [1.29, 1.82) is 0 Å². The van der Waals surface area contributed by atoms with E-state index in [-0.39, 0.29) is 35.5 Å². The Balaban J connectivity index is 1.87. The van der Waals surface area contributed by atoms with Gasteiger partial charge in [-0.05, 0) is 37.1 Å². The minimum atomic E-state index is -0.967. The van der Waals surface area contributed by atoms with E-state index in [4.69, 9.17) is 14.2 Å². The minimum Gasteiger partial charge on any atom is -0.426 e. The third-order valence-corrected chi connectivity index (χ3v) is 4.61. The van der Waals surface area contributed by atoms with Gasteiger partial charge in [-0.2, -0.15) is 0 Å². The zero-order valence-corrected chi connectivity index (χ0v) is 16.4. The van der Waals surface area contributed by atoms with Crippen molar-refractivity contribution in [2.75, 3.05) is 0 Å². The Kier molecular flexibility index (Phi) is 7.32. The Labute approximate surface area is 173 Å². The minimum absolute atomic E-state index is 0.0288. The van der Waals surface area contributed by atoms with Gasteiger partial charge < -0.3 is 14.2 Å². The van der Waals surface area contributed by atoms with Gasteiger partial charge in [-0.3, -0.25) is 9.59 Å². The lowest BCUT2D eigenvalue weighted by Crippen LogP contribution is -2.17. The molecule has 0 aliphatic carbocycles. The smallest absolute Gasteiger partial charge is 0.349 e. The number of hydrogen-bond donors (Lipinski definition) is 0. The van der Waals surface area contributed by atoms with Gasteiger partial charge in [0.15, 0.2) is 0 Å². The van der Waals surface area contributed by atoms with Crippen LogP contribution in [0.5, 0.6) is 11.5 Å². The van der Waals surface area contributed by atoms with Crippen LogP contribution in [-0.2, 0) is 14.3 Å². The largest absolute Gasteiger partial charge is 0.426 e. The number of ether oxygens (including phenoxy) is 3. The average molecular weight is 410 g/mol. The third kappa shape index (κ3) is 5.76. The maximum Gasteiger partial charge on any atom is 0.349 e. The van der Waals surface area contributed by atoms with Crippen molar-refractivity contribution in [2.24, 2.45) is 0 Å². The van der Waals surface area contributed by atoms with Crippen LogP contribution >= 0.6 is 0 Å². The molecule has 0 aromatic heterocycles. The van der Waals surface area contributed by atoms with Crippen molar-refractivity contribution in [3.8, 4) is 11.5 Å². The number of esters is 4. The van der Waals surface area contributed by atoms with E-state index >= 15 is 0 Å². The zero-order valence-electron chi connectivity index (χ0n) is 16.4. The van der Waals surface area contributed by atoms with Crippen molar-refractivity contribution in [3.05, 3.63) is 59.7 Å². The predicted octanol–water partition coefficient (Wildman–Crippen LogP) is 4.24. The highest BCUT2D eigenvalue weighted by molar-refractivity contribution is 6.05. The van der Waals surface area contributed by atoms with Crippen LogP contribution in [0.25, 0.3) is 0 Å². The summed E-state index contributed by atoms with van der Waals surface area (Å²) in [7, 11) is 0. The molecule has 1 heterocycles. The molecule has 0 bridgehead atoms. The second-order valence-corrected chi connectivity index (χ2v) is 6.89. The molecule has 0 saturated carbocycles. The summed E-state index contributed by atoms with van der Waals surface area (Å²) >= 11 is 0. The van der Waals surface area contributed by atoms with Crippen LogP contribution in [0.2, 0.25) is 0 Å². The first-order valence-corrected chi connectivity index (χ1v) is 9.90. The second-order valence-electron chi connectivity index (χ2n) is 6.89. The molecule has 0 spiro atoms. The molecule has 0 unspecified atom stereocenters. The lowest BCUT2D eigenvalue weighted by molar-refractivity contribution is -0.135. The molecule has 2 aromatic rings. The first kappa shape index (κ1) is 21.2. The molecule has 7 heteroatoms. The lowest BCUT2D eigenvalue weighted by atomic mass is 10.1. The van der Waals surface area contributed by atoms with Gasteiger partial charge in [-0.1, -0.05) is 43.5 Å². The predicted molar refractivity (Wildman–Crippen MR) is 106 cm³/mol. The molecule has 0 atom stereocenters. The van der Waals surface area contributed by atoms with Gasteiger partial charge in [0.05, 0.1) is 0 Å². The molecule has 0 radical (unpaired) electrons. The fourth-order valence-electron chi connectivity index (χ4n) is 3.06.